The fourth-order valence-corrected chi connectivity index (χ4v) is 3.96. The number of benzene rings is 2. The van der Waals surface area contributed by atoms with Gasteiger partial charge in [0.05, 0.1) is 5.56 Å². The summed E-state index contributed by atoms with van der Waals surface area (Å²) in [5, 5.41) is 2.98. The van der Waals surface area contributed by atoms with Gasteiger partial charge in [0.2, 0.25) is 5.91 Å². The Morgan fingerprint density at radius 1 is 1.00 bits per heavy atom. The number of rotatable bonds is 4. The van der Waals surface area contributed by atoms with Crippen LogP contribution in [0.4, 0.5) is 0 Å². The molecule has 6 heteroatoms. The van der Waals surface area contributed by atoms with E-state index in [-0.39, 0.29) is 17.7 Å². The molecular formula is C23H24N2O4. The topological polar surface area (TPSA) is 75.7 Å². The van der Waals surface area contributed by atoms with E-state index in [1.807, 2.05) is 42.5 Å². The molecule has 0 saturated carbocycles. The number of likely N-dealkylation sites (tertiary alicyclic amines) is 1. The van der Waals surface area contributed by atoms with Crippen LogP contribution in [0.1, 0.15) is 34.3 Å². The molecule has 1 saturated heterocycles. The zero-order valence-corrected chi connectivity index (χ0v) is 16.2. The second-order valence-electron chi connectivity index (χ2n) is 7.56. The van der Waals surface area contributed by atoms with Crippen LogP contribution in [-0.4, -0.2) is 41.9 Å². The van der Waals surface area contributed by atoms with E-state index < -0.39 is 12.1 Å². The number of esters is 1. The van der Waals surface area contributed by atoms with Gasteiger partial charge in [-0.2, -0.15) is 0 Å². The number of carbonyl (C=O) groups excluding carboxylic acids is 3. The van der Waals surface area contributed by atoms with Crippen molar-refractivity contribution < 1.29 is 19.1 Å². The molecule has 2 aliphatic heterocycles. The number of nitrogens with one attached hydrogen (secondary N) is 1. The van der Waals surface area contributed by atoms with E-state index in [9.17, 15) is 14.4 Å². The molecule has 1 unspecified atom stereocenters. The number of amides is 2. The molecule has 2 amide bonds. The maximum atomic E-state index is 12.8. The van der Waals surface area contributed by atoms with E-state index >= 15 is 0 Å². The van der Waals surface area contributed by atoms with Crippen molar-refractivity contribution in [3.8, 4) is 0 Å². The molecule has 4 rings (SSSR count). The fourth-order valence-electron chi connectivity index (χ4n) is 3.96. The highest BCUT2D eigenvalue weighted by Crippen LogP contribution is 2.24. The maximum Gasteiger partial charge on any atom is 0.339 e. The van der Waals surface area contributed by atoms with Crippen molar-refractivity contribution in [1.29, 1.82) is 0 Å². The lowest BCUT2D eigenvalue weighted by atomic mass is 9.94. The minimum absolute atomic E-state index is 0.0268. The van der Waals surface area contributed by atoms with Crippen molar-refractivity contribution >= 4 is 17.8 Å². The first-order valence-electron chi connectivity index (χ1n) is 10.0. The summed E-state index contributed by atoms with van der Waals surface area (Å²) < 4.78 is 5.38. The van der Waals surface area contributed by atoms with Crippen LogP contribution in [0.2, 0.25) is 0 Å². The molecule has 2 heterocycles. The number of hydrogen-bond acceptors (Lipinski definition) is 4. The summed E-state index contributed by atoms with van der Waals surface area (Å²) >= 11 is 0. The summed E-state index contributed by atoms with van der Waals surface area (Å²) in [4.78, 5) is 39.2. The third-order valence-electron chi connectivity index (χ3n) is 5.65. The number of fused-ring (bicyclic) bond motifs is 1. The number of carbonyl (C=O) groups is 3. The maximum absolute atomic E-state index is 12.8. The molecule has 6 nitrogen and oxygen atoms in total. The van der Waals surface area contributed by atoms with Crippen LogP contribution in [0.15, 0.2) is 54.6 Å². The number of piperidine rings is 1. The number of ether oxygens (including phenoxy) is 1. The zero-order chi connectivity index (χ0) is 20.2. The zero-order valence-electron chi connectivity index (χ0n) is 16.2. The number of nitrogens with zero attached hydrogens (tertiary/aromatic N) is 1. The van der Waals surface area contributed by atoms with Crippen LogP contribution in [0, 0.1) is 5.92 Å². The summed E-state index contributed by atoms with van der Waals surface area (Å²) in [6.07, 6.45) is 0.853. The summed E-state index contributed by atoms with van der Waals surface area (Å²) in [6.45, 7) is 1.51. The van der Waals surface area contributed by atoms with E-state index in [0.717, 1.165) is 11.1 Å². The first-order chi connectivity index (χ1) is 14.1. The Balaban J connectivity index is 1.29. The Hall–Kier alpha value is -3.15. The Kier molecular flexibility index (Phi) is 5.60. The van der Waals surface area contributed by atoms with Crippen molar-refractivity contribution in [3.63, 3.8) is 0 Å². The molecule has 0 bridgehead atoms. The van der Waals surface area contributed by atoms with Crippen LogP contribution in [0.5, 0.6) is 0 Å². The van der Waals surface area contributed by atoms with Gasteiger partial charge in [-0.15, -0.1) is 0 Å². The summed E-state index contributed by atoms with van der Waals surface area (Å²) in [5.74, 6) is -0.687. The monoisotopic (exact) mass is 392 g/mol. The first-order valence-corrected chi connectivity index (χ1v) is 10.0. The average Bonchev–Trinajstić information content (AvgIpc) is 2.78. The van der Waals surface area contributed by atoms with Crippen molar-refractivity contribution in [2.75, 3.05) is 13.1 Å². The normalized spacial score (nSPS) is 19.2. The highest BCUT2D eigenvalue weighted by atomic mass is 16.5. The quantitative estimate of drug-likeness (QED) is 0.811. The predicted molar refractivity (Wildman–Crippen MR) is 107 cm³/mol. The highest BCUT2D eigenvalue weighted by molar-refractivity contribution is 5.95. The smallest absolute Gasteiger partial charge is 0.339 e. The molecule has 29 heavy (non-hydrogen) atoms. The van der Waals surface area contributed by atoms with Gasteiger partial charge in [-0.05, 0) is 30.0 Å². The van der Waals surface area contributed by atoms with Gasteiger partial charge < -0.3 is 15.0 Å². The van der Waals surface area contributed by atoms with E-state index in [1.54, 1.807) is 17.0 Å². The van der Waals surface area contributed by atoms with Crippen molar-refractivity contribution in [2.24, 2.45) is 5.92 Å². The molecule has 0 aliphatic carbocycles. The Morgan fingerprint density at radius 3 is 2.45 bits per heavy atom. The summed E-state index contributed by atoms with van der Waals surface area (Å²) in [7, 11) is 0. The molecule has 2 aromatic rings. The Labute approximate surface area is 169 Å². The van der Waals surface area contributed by atoms with E-state index in [2.05, 4.69) is 5.32 Å². The fraction of sp³-hybridized carbons (Fsp3) is 0.348. The van der Waals surface area contributed by atoms with Gasteiger partial charge in [-0.25, -0.2) is 4.79 Å². The van der Waals surface area contributed by atoms with Gasteiger partial charge in [0.1, 0.15) is 0 Å². The molecular weight excluding hydrogens is 368 g/mol. The van der Waals surface area contributed by atoms with Gasteiger partial charge in [0, 0.05) is 32.0 Å². The second kappa shape index (κ2) is 8.47. The molecule has 0 radical (unpaired) electrons. The van der Waals surface area contributed by atoms with Crippen LogP contribution < -0.4 is 5.32 Å². The molecule has 1 atom stereocenters. The third kappa shape index (κ3) is 4.31. The standard InChI is InChI=1S/C23H24N2O4/c26-21(24-15-16-6-2-1-3-7-16)17-10-12-25(13-11-17)22(27)20-14-18-8-4-5-9-19(18)23(28)29-20/h1-9,17,20H,10-15H2,(H,24,26). The lowest BCUT2D eigenvalue weighted by molar-refractivity contribution is -0.144. The van der Waals surface area contributed by atoms with Crippen LogP contribution >= 0.6 is 0 Å². The Bertz CT molecular complexity index is 904. The van der Waals surface area contributed by atoms with Crippen molar-refractivity contribution in [2.45, 2.75) is 31.9 Å². The molecule has 1 fully saturated rings. The van der Waals surface area contributed by atoms with Gasteiger partial charge in [0.15, 0.2) is 6.10 Å². The van der Waals surface area contributed by atoms with Crippen LogP contribution in [0.25, 0.3) is 0 Å². The first kappa shape index (κ1) is 19.2. The van der Waals surface area contributed by atoms with E-state index in [0.29, 0.717) is 44.5 Å². The molecule has 150 valence electrons. The molecule has 2 aromatic carbocycles. The number of cyclic esters (lactones) is 1. The highest BCUT2D eigenvalue weighted by Gasteiger charge is 2.36. The van der Waals surface area contributed by atoms with Crippen molar-refractivity contribution in [3.05, 3.63) is 71.3 Å². The minimum atomic E-state index is -0.777. The van der Waals surface area contributed by atoms with Gasteiger partial charge in [-0.3, -0.25) is 9.59 Å². The largest absolute Gasteiger partial charge is 0.448 e. The molecule has 1 N–H and O–H groups in total. The van der Waals surface area contributed by atoms with Gasteiger partial charge in [-0.1, -0.05) is 48.5 Å². The molecule has 2 aliphatic rings. The Morgan fingerprint density at radius 2 is 1.69 bits per heavy atom. The SMILES string of the molecule is O=C1OC(C(=O)N2CCC(C(=O)NCc3ccccc3)CC2)Cc2ccccc21. The van der Waals surface area contributed by atoms with Gasteiger partial charge in [0.25, 0.3) is 5.91 Å². The average molecular weight is 392 g/mol. The minimum Gasteiger partial charge on any atom is -0.448 e. The van der Waals surface area contributed by atoms with Crippen LogP contribution in [-0.2, 0) is 27.3 Å². The van der Waals surface area contributed by atoms with Crippen molar-refractivity contribution in [1.82, 2.24) is 10.2 Å². The number of hydrogen-bond donors (Lipinski definition) is 1. The lowest BCUT2D eigenvalue weighted by Gasteiger charge is -2.34. The third-order valence-corrected chi connectivity index (χ3v) is 5.65. The molecule has 0 aromatic heterocycles. The van der Waals surface area contributed by atoms with Gasteiger partial charge >= 0.3 is 5.97 Å². The van der Waals surface area contributed by atoms with Crippen LogP contribution in [0.3, 0.4) is 0 Å². The van der Waals surface area contributed by atoms with E-state index in [4.69, 9.17) is 4.74 Å². The van der Waals surface area contributed by atoms with E-state index in [1.165, 1.54) is 0 Å². The summed E-state index contributed by atoms with van der Waals surface area (Å²) in [5.41, 5.74) is 2.44. The molecule has 0 spiro atoms. The predicted octanol–water partition coefficient (Wildman–Crippen LogP) is 2.32. The summed E-state index contributed by atoms with van der Waals surface area (Å²) in [6, 6.07) is 17.0. The second-order valence-corrected chi connectivity index (χ2v) is 7.56. The lowest BCUT2D eigenvalue weighted by Crippen LogP contribution is -2.49.